The molecule has 12 heteroatoms. The van der Waals surface area contributed by atoms with E-state index in [2.05, 4.69) is 15.3 Å². The van der Waals surface area contributed by atoms with Crippen LogP contribution in [0.4, 0.5) is 10.5 Å². The average Bonchev–Trinajstić information content (AvgIpc) is 3.72. The van der Waals surface area contributed by atoms with Crippen LogP contribution in [-0.2, 0) is 33.6 Å². The molecule has 1 saturated heterocycles. The Morgan fingerprint density at radius 1 is 0.809 bits per heavy atom. The van der Waals surface area contributed by atoms with Gasteiger partial charge in [-0.1, -0.05) is 60.3 Å². The Hall–Kier alpha value is -5.49. The third kappa shape index (κ3) is 8.41. The van der Waals surface area contributed by atoms with Crippen molar-refractivity contribution in [1.82, 2.24) is 15.3 Å². The zero-order valence-corrected chi connectivity index (χ0v) is 26.7. The number of hydrogen-bond acceptors (Lipinski definition) is 9. The standard InChI is InChI=1S/C23H21N3O4S.C12H11NO3/c1-14-18(24-22(30-14)16-6-4-3-5-7-16)13-20(27)26(2)17-10-8-15(9-11-17)12-19-21(28)25-23(29)31-19;1-8-10(7-11(14)15)13-12(16-8)9-5-3-2-4-6-9/h3-11,19H,12-13H2,1-2H3,(H,25,28,29);2-6H,7H2,1H3,(H,14,15). The molecule has 3 aromatic carbocycles. The first-order valence-electron chi connectivity index (χ1n) is 14.7. The topological polar surface area (TPSA) is 156 Å². The highest BCUT2D eigenvalue weighted by Gasteiger charge is 2.31. The van der Waals surface area contributed by atoms with Crippen molar-refractivity contribution in [3.8, 4) is 22.9 Å². The molecule has 0 bridgehead atoms. The van der Waals surface area contributed by atoms with Gasteiger partial charge in [-0.3, -0.25) is 24.5 Å². The third-order valence-corrected chi connectivity index (χ3v) is 8.33. The van der Waals surface area contributed by atoms with Crippen LogP contribution in [0.3, 0.4) is 0 Å². The second-order valence-electron chi connectivity index (χ2n) is 10.7. The molecule has 2 aromatic heterocycles. The van der Waals surface area contributed by atoms with E-state index >= 15 is 0 Å². The molecule has 1 aliphatic rings. The summed E-state index contributed by atoms with van der Waals surface area (Å²) >= 11 is 1.01. The number of carbonyl (C=O) groups excluding carboxylic acids is 3. The molecule has 3 heterocycles. The van der Waals surface area contributed by atoms with E-state index in [-0.39, 0.29) is 29.9 Å². The number of carbonyl (C=O) groups is 4. The van der Waals surface area contributed by atoms with Gasteiger partial charge in [0.2, 0.25) is 23.6 Å². The zero-order valence-electron chi connectivity index (χ0n) is 25.9. The molecule has 47 heavy (non-hydrogen) atoms. The van der Waals surface area contributed by atoms with Gasteiger partial charge in [-0.15, -0.1) is 0 Å². The van der Waals surface area contributed by atoms with Gasteiger partial charge in [-0.05, 0) is 62.2 Å². The lowest BCUT2D eigenvalue weighted by atomic mass is 10.1. The molecule has 0 spiro atoms. The number of anilines is 1. The molecule has 1 aliphatic heterocycles. The van der Waals surface area contributed by atoms with Gasteiger partial charge in [-0.25, -0.2) is 9.97 Å². The first-order chi connectivity index (χ1) is 22.6. The first-order valence-corrected chi connectivity index (χ1v) is 15.6. The molecular formula is C35H32N4O7S. The molecule has 6 rings (SSSR count). The number of oxazole rings is 2. The highest BCUT2D eigenvalue weighted by Crippen LogP contribution is 2.26. The van der Waals surface area contributed by atoms with E-state index in [4.69, 9.17) is 13.9 Å². The van der Waals surface area contributed by atoms with Gasteiger partial charge >= 0.3 is 5.97 Å². The maximum absolute atomic E-state index is 12.8. The number of thioether (sulfide) groups is 1. The van der Waals surface area contributed by atoms with Crippen LogP contribution in [0, 0.1) is 13.8 Å². The van der Waals surface area contributed by atoms with Crippen LogP contribution < -0.4 is 10.2 Å². The van der Waals surface area contributed by atoms with Gasteiger partial charge in [-0.2, -0.15) is 0 Å². The SMILES string of the molecule is Cc1oc(-c2ccccc2)nc1CC(=O)N(C)c1ccc(CC2SC(=O)NC2=O)cc1.Cc1oc(-c2ccccc2)nc1CC(=O)O. The van der Waals surface area contributed by atoms with Crippen LogP contribution in [-0.4, -0.2) is 50.4 Å². The third-order valence-electron chi connectivity index (χ3n) is 7.35. The summed E-state index contributed by atoms with van der Waals surface area (Å²) in [5.41, 5.74) is 4.46. The van der Waals surface area contributed by atoms with Crippen LogP contribution in [0.25, 0.3) is 22.9 Å². The Labute approximate surface area is 275 Å². The lowest BCUT2D eigenvalue weighted by Crippen LogP contribution is -2.28. The van der Waals surface area contributed by atoms with E-state index in [1.165, 1.54) is 0 Å². The molecule has 1 unspecified atom stereocenters. The van der Waals surface area contributed by atoms with Crippen LogP contribution >= 0.6 is 11.8 Å². The van der Waals surface area contributed by atoms with Gasteiger partial charge in [0.15, 0.2) is 0 Å². The summed E-state index contributed by atoms with van der Waals surface area (Å²) in [7, 11) is 1.71. The molecule has 1 fully saturated rings. The molecule has 1 atom stereocenters. The average molecular weight is 653 g/mol. The Kier molecular flexibility index (Phi) is 10.3. The van der Waals surface area contributed by atoms with E-state index < -0.39 is 11.2 Å². The maximum Gasteiger partial charge on any atom is 0.309 e. The Morgan fingerprint density at radius 3 is 1.79 bits per heavy atom. The summed E-state index contributed by atoms with van der Waals surface area (Å²) in [6.45, 7) is 3.52. The highest BCUT2D eigenvalue weighted by atomic mass is 32.2. The van der Waals surface area contributed by atoms with Crippen molar-refractivity contribution in [2.75, 3.05) is 11.9 Å². The molecule has 5 aromatic rings. The molecule has 240 valence electrons. The van der Waals surface area contributed by atoms with Gasteiger partial charge in [0.25, 0.3) is 5.24 Å². The fourth-order valence-electron chi connectivity index (χ4n) is 4.74. The Morgan fingerprint density at radius 2 is 1.32 bits per heavy atom. The quantitative estimate of drug-likeness (QED) is 0.193. The van der Waals surface area contributed by atoms with Crippen molar-refractivity contribution < 1.29 is 33.1 Å². The lowest BCUT2D eigenvalue weighted by Gasteiger charge is -2.17. The minimum Gasteiger partial charge on any atom is -0.481 e. The molecule has 11 nitrogen and oxygen atoms in total. The van der Waals surface area contributed by atoms with Crippen LogP contribution in [0.15, 0.2) is 93.8 Å². The number of amides is 3. The summed E-state index contributed by atoms with van der Waals surface area (Å²) in [6.07, 6.45) is 0.476. The molecule has 3 amide bonds. The number of likely N-dealkylation sites (N-methyl/N-ethyl adjacent to an activating group) is 1. The fraction of sp³-hybridized carbons (Fsp3) is 0.200. The summed E-state index contributed by atoms with van der Waals surface area (Å²) in [4.78, 5) is 56.7. The normalized spacial score (nSPS) is 13.9. The fourth-order valence-corrected chi connectivity index (χ4v) is 5.60. The van der Waals surface area contributed by atoms with Crippen molar-refractivity contribution in [2.45, 2.75) is 38.4 Å². The second kappa shape index (κ2) is 14.7. The minimum absolute atomic E-state index is 0.109. The van der Waals surface area contributed by atoms with Crippen molar-refractivity contribution in [1.29, 1.82) is 0 Å². The number of nitrogens with zero attached hydrogens (tertiary/aromatic N) is 3. The monoisotopic (exact) mass is 652 g/mol. The number of aromatic nitrogens is 2. The predicted molar refractivity (Wildman–Crippen MR) is 177 cm³/mol. The van der Waals surface area contributed by atoms with Gasteiger partial charge in [0.1, 0.15) is 11.5 Å². The zero-order chi connectivity index (χ0) is 33.5. The number of hydrogen-bond donors (Lipinski definition) is 2. The first kappa shape index (κ1) is 32.9. The number of benzene rings is 3. The lowest BCUT2D eigenvalue weighted by molar-refractivity contribution is -0.136. The van der Waals surface area contributed by atoms with E-state index in [9.17, 15) is 19.2 Å². The number of carboxylic acids is 1. The summed E-state index contributed by atoms with van der Waals surface area (Å²) in [6, 6.07) is 26.4. The number of aryl methyl sites for hydroxylation is 2. The van der Waals surface area contributed by atoms with E-state index in [1.807, 2.05) is 84.9 Å². The van der Waals surface area contributed by atoms with E-state index in [0.29, 0.717) is 41.1 Å². The Bertz CT molecular complexity index is 1890. The molecule has 2 N–H and O–H groups in total. The predicted octanol–water partition coefficient (Wildman–Crippen LogP) is 6.03. The summed E-state index contributed by atoms with van der Waals surface area (Å²) < 4.78 is 11.2. The van der Waals surface area contributed by atoms with Crippen molar-refractivity contribution in [2.24, 2.45) is 0 Å². The van der Waals surface area contributed by atoms with Crippen molar-refractivity contribution in [3.63, 3.8) is 0 Å². The smallest absolute Gasteiger partial charge is 0.309 e. The summed E-state index contributed by atoms with van der Waals surface area (Å²) in [5, 5.41) is 10.3. The largest absolute Gasteiger partial charge is 0.481 e. The number of nitrogens with one attached hydrogen (secondary N) is 1. The number of carboxylic acid groups (broad SMARTS) is 1. The van der Waals surface area contributed by atoms with E-state index in [1.54, 1.807) is 25.8 Å². The van der Waals surface area contributed by atoms with Crippen LogP contribution in [0.2, 0.25) is 0 Å². The maximum atomic E-state index is 12.8. The van der Waals surface area contributed by atoms with Gasteiger partial charge in [0.05, 0.1) is 29.5 Å². The van der Waals surface area contributed by atoms with Gasteiger partial charge < -0.3 is 18.8 Å². The molecule has 0 aliphatic carbocycles. The number of imide groups is 1. The van der Waals surface area contributed by atoms with Gasteiger partial charge in [0, 0.05) is 23.9 Å². The molecular weight excluding hydrogens is 620 g/mol. The number of rotatable bonds is 9. The van der Waals surface area contributed by atoms with E-state index in [0.717, 1.165) is 34.1 Å². The highest BCUT2D eigenvalue weighted by molar-refractivity contribution is 8.15. The van der Waals surface area contributed by atoms with Crippen molar-refractivity contribution >= 4 is 40.5 Å². The Balaban J connectivity index is 0.000000227. The summed E-state index contributed by atoms with van der Waals surface area (Å²) in [5.74, 6) is 0.869. The molecule has 0 radical (unpaired) electrons. The minimum atomic E-state index is -0.906. The van der Waals surface area contributed by atoms with Crippen molar-refractivity contribution in [3.05, 3.63) is 113 Å². The van der Waals surface area contributed by atoms with Crippen LogP contribution in [0.5, 0.6) is 0 Å². The molecule has 0 saturated carbocycles. The number of aliphatic carboxylic acids is 1. The second-order valence-corrected chi connectivity index (χ2v) is 11.9. The van der Waals surface area contributed by atoms with Crippen LogP contribution in [0.1, 0.15) is 28.5 Å².